The molecule has 7 nitrogen and oxygen atoms in total. The molecule has 34 heavy (non-hydrogen) atoms. The van der Waals surface area contributed by atoms with E-state index in [-0.39, 0.29) is 5.57 Å². The maximum atomic E-state index is 13.2. The number of carbonyl (C=O) groups excluding carboxylic acids is 3. The van der Waals surface area contributed by atoms with Gasteiger partial charge in [0.25, 0.3) is 11.8 Å². The zero-order chi connectivity index (χ0) is 24.0. The number of aryl methyl sites for hydroxylation is 1. The molecule has 1 fully saturated rings. The summed E-state index contributed by atoms with van der Waals surface area (Å²) in [4.78, 5) is 43.6. The van der Waals surface area contributed by atoms with E-state index in [0.29, 0.717) is 11.3 Å². The number of carbonyl (C=O) groups is 3. The van der Waals surface area contributed by atoms with Gasteiger partial charge >= 0.3 is 6.03 Å². The topological polar surface area (TPSA) is 84.3 Å². The molecule has 0 atom stereocenters. The van der Waals surface area contributed by atoms with Crippen molar-refractivity contribution in [1.82, 2.24) is 14.9 Å². The zero-order valence-electron chi connectivity index (χ0n) is 18.4. The molecule has 8 heteroatoms. The lowest BCUT2D eigenvalue weighted by Crippen LogP contribution is -2.54. The molecule has 0 bridgehead atoms. The van der Waals surface area contributed by atoms with Gasteiger partial charge < -0.3 is 4.57 Å². The van der Waals surface area contributed by atoms with Crippen LogP contribution in [0.25, 0.3) is 22.7 Å². The maximum Gasteiger partial charge on any atom is 0.335 e. The van der Waals surface area contributed by atoms with Crippen molar-refractivity contribution in [3.05, 3.63) is 93.9 Å². The first kappa shape index (κ1) is 21.8. The molecule has 3 heterocycles. The number of imide groups is 2. The summed E-state index contributed by atoms with van der Waals surface area (Å²) in [6, 6.07) is 17.7. The standard InChI is InChI=1S/C26H19BrN4O3/c1-15-12-18(16(2)30(15)21-9-10-23-17(13-21)4-3-11-28-23)14-22-24(32)29-26(34)31(25(22)33)20-7-5-19(27)6-8-20/h3-14H,1-2H3,(H,29,32,34)/b22-14+. The third-order valence-electron chi connectivity index (χ3n) is 5.80. The second-order valence-electron chi connectivity index (χ2n) is 7.98. The van der Waals surface area contributed by atoms with Crippen molar-refractivity contribution < 1.29 is 14.4 Å². The molecule has 4 amide bonds. The number of hydrogen-bond acceptors (Lipinski definition) is 4. The molecule has 2 aromatic carbocycles. The van der Waals surface area contributed by atoms with Gasteiger partial charge in [0.2, 0.25) is 0 Å². The first-order valence-electron chi connectivity index (χ1n) is 10.5. The number of barbiturate groups is 1. The summed E-state index contributed by atoms with van der Waals surface area (Å²) in [5.74, 6) is -1.39. The second kappa shape index (κ2) is 8.39. The predicted molar refractivity (Wildman–Crippen MR) is 134 cm³/mol. The Hall–Kier alpha value is -4.04. The number of pyridine rings is 1. The van der Waals surface area contributed by atoms with Gasteiger partial charge in [-0.1, -0.05) is 22.0 Å². The molecule has 2 aromatic heterocycles. The van der Waals surface area contributed by atoms with Gasteiger partial charge in [0.15, 0.2) is 0 Å². The molecule has 1 saturated heterocycles. The lowest BCUT2D eigenvalue weighted by molar-refractivity contribution is -0.122. The lowest BCUT2D eigenvalue weighted by Gasteiger charge is -2.26. The van der Waals surface area contributed by atoms with Crippen molar-refractivity contribution in [3.63, 3.8) is 0 Å². The van der Waals surface area contributed by atoms with Crippen LogP contribution in [0.5, 0.6) is 0 Å². The number of benzene rings is 2. The number of halogens is 1. The monoisotopic (exact) mass is 514 g/mol. The van der Waals surface area contributed by atoms with Gasteiger partial charge in [-0.05, 0) is 80.1 Å². The number of nitrogens with one attached hydrogen (secondary N) is 1. The molecule has 0 radical (unpaired) electrons. The number of urea groups is 1. The summed E-state index contributed by atoms with van der Waals surface area (Å²) in [7, 11) is 0. The predicted octanol–water partition coefficient (Wildman–Crippen LogP) is 5.07. The van der Waals surface area contributed by atoms with Crippen molar-refractivity contribution in [2.75, 3.05) is 4.90 Å². The second-order valence-corrected chi connectivity index (χ2v) is 8.89. The number of anilines is 1. The fraction of sp³-hybridized carbons (Fsp3) is 0.0769. The van der Waals surface area contributed by atoms with Crippen LogP contribution in [0.15, 0.2) is 76.9 Å². The third-order valence-corrected chi connectivity index (χ3v) is 6.33. The minimum Gasteiger partial charge on any atom is -0.318 e. The van der Waals surface area contributed by atoms with Gasteiger partial charge in [0.05, 0.1) is 11.2 Å². The van der Waals surface area contributed by atoms with Gasteiger partial charge in [0, 0.05) is 33.1 Å². The van der Waals surface area contributed by atoms with E-state index in [4.69, 9.17) is 0 Å². The third kappa shape index (κ3) is 3.72. The Labute approximate surface area is 203 Å². The van der Waals surface area contributed by atoms with Crippen LogP contribution in [0.4, 0.5) is 10.5 Å². The highest BCUT2D eigenvalue weighted by Gasteiger charge is 2.37. The van der Waals surface area contributed by atoms with Crippen LogP contribution in [0.2, 0.25) is 0 Å². The smallest absolute Gasteiger partial charge is 0.318 e. The average molecular weight is 515 g/mol. The van der Waals surface area contributed by atoms with Gasteiger partial charge in [-0.2, -0.15) is 0 Å². The maximum absolute atomic E-state index is 13.2. The first-order valence-corrected chi connectivity index (χ1v) is 11.3. The van der Waals surface area contributed by atoms with Crippen molar-refractivity contribution in [2.45, 2.75) is 13.8 Å². The van der Waals surface area contributed by atoms with E-state index in [1.807, 2.05) is 50.2 Å². The summed E-state index contributed by atoms with van der Waals surface area (Å²) < 4.78 is 2.87. The van der Waals surface area contributed by atoms with E-state index >= 15 is 0 Å². The number of nitrogens with zero attached hydrogens (tertiary/aromatic N) is 3. The van der Waals surface area contributed by atoms with Crippen molar-refractivity contribution in [1.29, 1.82) is 0 Å². The molecule has 168 valence electrons. The summed E-state index contributed by atoms with van der Waals surface area (Å²) >= 11 is 3.34. The molecule has 0 saturated carbocycles. The lowest BCUT2D eigenvalue weighted by atomic mass is 10.1. The molecule has 5 rings (SSSR count). The van der Waals surface area contributed by atoms with E-state index in [0.717, 1.165) is 37.4 Å². The molecule has 4 aromatic rings. The number of hydrogen-bond donors (Lipinski definition) is 1. The van der Waals surface area contributed by atoms with Crippen molar-refractivity contribution in [3.8, 4) is 5.69 Å². The molecule has 0 spiro atoms. The Bertz CT molecular complexity index is 1520. The highest BCUT2D eigenvalue weighted by atomic mass is 79.9. The molecule has 1 aliphatic rings. The number of amides is 4. The number of aromatic nitrogens is 2. The van der Waals surface area contributed by atoms with Crippen molar-refractivity contribution >= 4 is 56.4 Å². The average Bonchev–Trinajstić information content (AvgIpc) is 3.10. The summed E-state index contributed by atoms with van der Waals surface area (Å²) in [6.07, 6.45) is 3.30. The SMILES string of the molecule is Cc1cc(/C=C2\C(=O)NC(=O)N(c3ccc(Br)cc3)C2=O)c(C)n1-c1ccc2ncccc2c1. The highest BCUT2D eigenvalue weighted by molar-refractivity contribution is 9.10. The van der Waals surface area contributed by atoms with Crippen LogP contribution >= 0.6 is 15.9 Å². The normalized spacial score (nSPS) is 15.3. The van der Waals surface area contributed by atoms with Crippen LogP contribution in [0.1, 0.15) is 17.0 Å². The molecule has 1 aliphatic heterocycles. The molecular weight excluding hydrogens is 496 g/mol. The van der Waals surface area contributed by atoms with Gasteiger partial charge in [0.1, 0.15) is 5.57 Å². The van der Waals surface area contributed by atoms with Crippen molar-refractivity contribution in [2.24, 2.45) is 0 Å². The van der Waals surface area contributed by atoms with Crippen LogP contribution in [0, 0.1) is 13.8 Å². The van der Waals surface area contributed by atoms with Crippen LogP contribution in [0.3, 0.4) is 0 Å². The molecule has 0 aliphatic carbocycles. The van der Waals surface area contributed by atoms with E-state index in [2.05, 4.69) is 30.8 Å². The minimum atomic E-state index is -0.773. The Kier molecular flexibility index (Phi) is 5.37. The van der Waals surface area contributed by atoms with E-state index in [9.17, 15) is 14.4 Å². The quantitative estimate of drug-likeness (QED) is 0.305. The highest BCUT2D eigenvalue weighted by Crippen LogP contribution is 2.27. The van der Waals surface area contributed by atoms with Gasteiger partial charge in [-0.3, -0.25) is 19.9 Å². The molecule has 1 N–H and O–H groups in total. The van der Waals surface area contributed by atoms with Gasteiger partial charge in [-0.25, -0.2) is 9.69 Å². The Morgan fingerprint density at radius 2 is 1.68 bits per heavy atom. The Balaban J connectivity index is 1.56. The van der Waals surface area contributed by atoms with E-state index < -0.39 is 17.8 Å². The summed E-state index contributed by atoms with van der Waals surface area (Å²) in [6.45, 7) is 3.89. The minimum absolute atomic E-state index is 0.106. The summed E-state index contributed by atoms with van der Waals surface area (Å²) in [5.41, 5.74) is 4.64. The fourth-order valence-corrected chi connectivity index (χ4v) is 4.44. The van der Waals surface area contributed by atoms with Crippen LogP contribution in [-0.4, -0.2) is 27.4 Å². The zero-order valence-corrected chi connectivity index (χ0v) is 20.0. The molecular formula is C26H19BrN4O3. The fourth-order valence-electron chi connectivity index (χ4n) is 4.17. The number of fused-ring (bicyclic) bond motifs is 1. The van der Waals surface area contributed by atoms with Crippen LogP contribution < -0.4 is 10.2 Å². The van der Waals surface area contributed by atoms with Crippen LogP contribution in [-0.2, 0) is 9.59 Å². The summed E-state index contributed by atoms with van der Waals surface area (Å²) in [5, 5.41) is 3.28. The Morgan fingerprint density at radius 3 is 2.44 bits per heavy atom. The number of rotatable bonds is 3. The Morgan fingerprint density at radius 1 is 0.941 bits per heavy atom. The van der Waals surface area contributed by atoms with Gasteiger partial charge in [-0.15, -0.1) is 0 Å². The van der Waals surface area contributed by atoms with E-state index in [1.54, 1.807) is 30.5 Å². The molecule has 0 unspecified atom stereocenters. The largest absolute Gasteiger partial charge is 0.335 e. The van der Waals surface area contributed by atoms with E-state index in [1.165, 1.54) is 6.08 Å². The first-order chi connectivity index (χ1) is 16.3.